The Morgan fingerprint density at radius 3 is 2.72 bits per heavy atom. The average Bonchev–Trinajstić information content (AvgIpc) is 2.58. The summed E-state index contributed by atoms with van der Waals surface area (Å²) >= 11 is 0. The first kappa shape index (κ1) is 13.4. The van der Waals surface area contributed by atoms with Gasteiger partial charge in [-0.05, 0) is 19.3 Å². The zero-order valence-electron chi connectivity index (χ0n) is 10.8. The van der Waals surface area contributed by atoms with Gasteiger partial charge in [0.05, 0.1) is 0 Å². The van der Waals surface area contributed by atoms with E-state index in [0.29, 0.717) is 6.54 Å². The predicted molar refractivity (Wildman–Crippen MR) is 69.5 cm³/mol. The van der Waals surface area contributed by atoms with Crippen LogP contribution in [-0.4, -0.2) is 35.6 Å². The minimum atomic E-state index is -3.50. The molecule has 0 aromatic carbocycles. The lowest BCUT2D eigenvalue weighted by molar-refractivity contribution is 0.250. The number of hydrogen-bond acceptors (Lipinski definition) is 4. The maximum Gasteiger partial charge on any atom is 0.248 e. The molecule has 0 unspecified atom stereocenters. The number of nitrogens with two attached hydrogens (primary N) is 1. The Bertz CT molecular complexity index is 519. The Balaban J connectivity index is 2.28. The van der Waals surface area contributed by atoms with E-state index in [4.69, 9.17) is 5.73 Å². The van der Waals surface area contributed by atoms with Gasteiger partial charge in [-0.3, -0.25) is 4.68 Å². The molecular weight excluding hydrogens is 252 g/mol. The van der Waals surface area contributed by atoms with Crippen molar-refractivity contribution in [3.8, 4) is 0 Å². The normalized spacial score (nSPS) is 17.1. The van der Waals surface area contributed by atoms with E-state index in [2.05, 4.69) is 5.10 Å². The van der Waals surface area contributed by atoms with Gasteiger partial charge < -0.3 is 5.73 Å². The highest BCUT2D eigenvalue weighted by molar-refractivity contribution is 7.89. The van der Waals surface area contributed by atoms with Crippen molar-refractivity contribution in [2.45, 2.75) is 50.1 Å². The molecule has 0 radical (unpaired) electrons. The summed E-state index contributed by atoms with van der Waals surface area (Å²) in [7, 11) is -1.88. The third-order valence-electron chi connectivity index (χ3n) is 3.45. The number of aromatic nitrogens is 2. The van der Waals surface area contributed by atoms with Crippen molar-refractivity contribution in [1.82, 2.24) is 14.1 Å². The third-order valence-corrected chi connectivity index (χ3v) is 5.38. The molecule has 1 aromatic heterocycles. The lowest BCUT2D eigenvalue weighted by Gasteiger charge is -2.33. The third kappa shape index (κ3) is 2.24. The van der Waals surface area contributed by atoms with Gasteiger partial charge in [-0.15, -0.1) is 0 Å². The molecule has 0 bridgehead atoms. The van der Waals surface area contributed by atoms with Crippen LogP contribution in [0.4, 0.5) is 5.82 Å². The van der Waals surface area contributed by atoms with Crippen LogP contribution in [0.3, 0.4) is 0 Å². The largest absolute Gasteiger partial charge is 0.381 e. The standard InChI is InChI=1S/C11H20N4O2S/c1-3-7-15-8-10(11(12)13-15)18(16,17)14(2)9-5-4-6-9/h8-9H,3-7H2,1-2H3,(H2,12,13). The minimum absolute atomic E-state index is 0.0922. The summed E-state index contributed by atoms with van der Waals surface area (Å²) in [5.74, 6) is 0.0922. The summed E-state index contributed by atoms with van der Waals surface area (Å²) in [6, 6.07) is 0.115. The highest BCUT2D eigenvalue weighted by Crippen LogP contribution is 2.30. The number of anilines is 1. The van der Waals surface area contributed by atoms with E-state index in [1.165, 1.54) is 10.5 Å². The molecule has 0 amide bonds. The first-order valence-electron chi connectivity index (χ1n) is 6.27. The number of rotatable bonds is 5. The van der Waals surface area contributed by atoms with E-state index in [-0.39, 0.29) is 16.8 Å². The first-order chi connectivity index (χ1) is 8.46. The molecule has 2 N–H and O–H groups in total. The first-order valence-corrected chi connectivity index (χ1v) is 7.71. The fraction of sp³-hybridized carbons (Fsp3) is 0.727. The van der Waals surface area contributed by atoms with Crippen LogP contribution < -0.4 is 5.73 Å². The van der Waals surface area contributed by atoms with Gasteiger partial charge in [-0.1, -0.05) is 13.3 Å². The summed E-state index contributed by atoms with van der Waals surface area (Å²) in [5, 5.41) is 4.04. The molecule has 0 spiro atoms. The molecule has 6 nitrogen and oxygen atoms in total. The molecule has 1 aromatic rings. The van der Waals surface area contributed by atoms with Crippen molar-refractivity contribution in [1.29, 1.82) is 0 Å². The van der Waals surface area contributed by atoms with Crippen LogP contribution in [0.15, 0.2) is 11.1 Å². The number of sulfonamides is 1. The van der Waals surface area contributed by atoms with Crippen molar-refractivity contribution in [3.05, 3.63) is 6.20 Å². The van der Waals surface area contributed by atoms with E-state index < -0.39 is 10.0 Å². The molecule has 1 aliphatic rings. The minimum Gasteiger partial charge on any atom is -0.381 e. The molecule has 1 aliphatic carbocycles. The van der Waals surface area contributed by atoms with Gasteiger partial charge in [0.25, 0.3) is 0 Å². The van der Waals surface area contributed by atoms with E-state index in [0.717, 1.165) is 25.7 Å². The molecular formula is C11H20N4O2S. The molecule has 1 heterocycles. The Labute approximate surface area is 108 Å². The van der Waals surface area contributed by atoms with Gasteiger partial charge in [0, 0.05) is 25.8 Å². The van der Waals surface area contributed by atoms with Crippen molar-refractivity contribution in [2.75, 3.05) is 12.8 Å². The Kier molecular flexibility index (Phi) is 3.63. The molecule has 0 saturated heterocycles. The smallest absolute Gasteiger partial charge is 0.248 e. The van der Waals surface area contributed by atoms with E-state index in [1.807, 2.05) is 6.92 Å². The fourth-order valence-electron chi connectivity index (χ4n) is 2.06. The summed E-state index contributed by atoms with van der Waals surface area (Å²) < 4.78 is 27.8. The highest BCUT2D eigenvalue weighted by Gasteiger charge is 2.34. The van der Waals surface area contributed by atoms with Gasteiger partial charge in [0.15, 0.2) is 5.82 Å². The molecule has 1 fully saturated rings. The summed E-state index contributed by atoms with van der Waals surface area (Å²) in [6.07, 6.45) is 5.37. The molecule has 0 atom stereocenters. The van der Waals surface area contributed by atoms with E-state index in [1.54, 1.807) is 11.7 Å². The van der Waals surface area contributed by atoms with Gasteiger partial charge >= 0.3 is 0 Å². The van der Waals surface area contributed by atoms with Crippen molar-refractivity contribution < 1.29 is 8.42 Å². The summed E-state index contributed by atoms with van der Waals surface area (Å²) in [5.41, 5.74) is 5.72. The number of nitrogens with zero attached hydrogens (tertiary/aromatic N) is 3. The van der Waals surface area contributed by atoms with Crippen molar-refractivity contribution in [2.24, 2.45) is 0 Å². The van der Waals surface area contributed by atoms with Crippen LogP contribution in [0.25, 0.3) is 0 Å². The zero-order chi connectivity index (χ0) is 13.3. The highest BCUT2D eigenvalue weighted by atomic mass is 32.2. The Morgan fingerprint density at radius 2 is 2.22 bits per heavy atom. The van der Waals surface area contributed by atoms with Gasteiger partial charge in [-0.2, -0.15) is 9.40 Å². The zero-order valence-corrected chi connectivity index (χ0v) is 11.7. The monoisotopic (exact) mass is 272 g/mol. The van der Waals surface area contributed by atoms with Gasteiger partial charge in [0.1, 0.15) is 4.90 Å². The number of aryl methyl sites for hydroxylation is 1. The second-order valence-electron chi connectivity index (χ2n) is 4.75. The molecule has 18 heavy (non-hydrogen) atoms. The number of hydrogen-bond donors (Lipinski definition) is 1. The molecule has 102 valence electrons. The van der Waals surface area contributed by atoms with Crippen LogP contribution >= 0.6 is 0 Å². The van der Waals surface area contributed by atoms with Crippen LogP contribution in [0.5, 0.6) is 0 Å². The second-order valence-corrected chi connectivity index (χ2v) is 6.71. The van der Waals surface area contributed by atoms with Gasteiger partial charge in [-0.25, -0.2) is 8.42 Å². The maximum atomic E-state index is 12.4. The Hall–Kier alpha value is -1.08. The maximum absolute atomic E-state index is 12.4. The predicted octanol–water partition coefficient (Wildman–Crippen LogP) is 1.05. The van der Waals surface area contributed by atoms with Crippen LogP contribution in [0.1, 0.15) is 32.6 Å². The average molecular weight is 272 g/mol. The topological polar surface area (TPSA) is 81.2 Å². The fourth-order valence-corrected chi connectivity index (χ4v) is 3.54. The quantitative estimate of drug-likeness (QED) is 0.868. The molecule has 2 rings (SSSR count). The van der Waals surface area contributed by atoms with E-state index in [9.17, 15) is 8.42 Å². The lowest BCUT2D eigenvalue weighted by Crippen LogP contribution is -2.41. The molecule has 1 saturated carbocycles. The van der Waals surface area contributed by atoms with Gasteiger partial charge in [0.2, 0.25) is 10.0 Å². The SMILES string of the molecule is CCCn1cc(S(=O)(=O)N(C)C2CCC2)c(N)n1. The second kappa shape index (κ2) is 4.89. The number of nitrogen functional groups attached to an aromatic ring is 1. The van der Waals surface area contributed by atoms with Crippen LogP contribution in [0, 0.1) is 0 Å². The lowest BCUT2D eigenvalue weighted by atomic mass is 9.94. The van der Waals surface area contributed by atoms with E-state index >= 15 is 0 Å². The Morgan fingerprint density at radius 1 is 1.56 bits per heavy atom. The molecule has 7 heteroatoms. The van der Waals surface area contributed by atoms with Crippen molar-refractivity contribution >= 4 is 15.8 Å². The summed E-state index contributed by atoms with van der Waals surface area (Å²) in [4.78, 5) is 0.130. The van der Waals surface area contributed by atoms with Crippen molar-refractivity contribution in [3.63, 3.8) is 0 Å². The summed E-state index contributed by atoms with van der Waals surface area (Å²) in [6.45, 7) is 2.68. The molecule has 0 aliphatic heterocycles. The van der Waals surface area contributed by atoms with Crippen LogP contribution in [-0.2, 0) is 16.6 Å². The van der Waals surface area contributed by atoms with Crippen LogP contribution in [0.2, 0.25) is 0 Å².